The van der Waals surface area contributed by atoms with Crippen molar-refractivity contribution in [2.45, 2.75) is 85.8 Å². The number of carbonyl (C=O) groups is 6. The predicted octanol–water partition coefficient (Wildman–Crippen LogP) is 6.52. The van der Waals surface area contributed by atoms with Crippen LogP contribution in [0.5, 0.6) is 5.75 Å². The third-order valence-corrected chi connectivity index (χ3v) is 9.44. The molecule has 0 bridgehead atoms. The first-order valence-corrected chi connectivity index (χ1v) is 20.1. The van der Waals surface area contributed by atoms with Gasteiger partial charge in [-0.2, -0.15) is 0 Å². The molecule has 0 saturated heterocycles. The van der Waals surface area contributed by atoms with Crippen LogP contribution in [0.1, 0.15) is 99.1 Å². The molecule has 326 valence electrons. The molecule has 5 amide bonds. The summed E-state index contributed by atoms with van der Waals surface area (Å²) in [5, 5.41) is 7.90. The molecule has 0 aliphatic heterocycles. The van der Waals surface area contributed by atoms with E-state index in [9.17, 15) is 33.2 Å². The second kappa shape index (κ2) is 23.0. The van der Waals surface area contributed by atoms with Crippen LogP contribution in [-0.4, -0.2) is 98.0 Å². The Morgan fingerprint density at radius 1 is 0.750 bits per heavy atom. The van der Waals surface area contributed by atoms with Crippen molar-refractivity contribution in [2.24, 2.45) is 5.41 Å². The van der Waals surface area contributed by atoms with Crippen molar-refractivity contribution in [3.05, 3.63) is 94.8 Å². The maximum absolute atomic E-state index is 14.0. The summed E-state index contributed by atoms with van der Waals surface area (Å²) >= 11 is 0. The number of carbonyl (C=O) groups excluding carboxylic acids is 6. The minimum absolute atomic E-state index is 0.0228. The quantitative estimate of drug-likeness (QED) is 0.101. The maximum Gasteiger partial charge on any atom is 0.408 e. The Morgan fingerprint density at radius 3 is 1.95 bits per heavy atom. The van der Waals surface area contributed by atoms with Crippen LogP contribution >= 0.6 is 0 Å². The monoisotopic (exact) mass is 833 g/mol. The Hall–Kier alpha value is -5.99. The fraction of sp³-hybridized carbons (Fsp3) is 0.467. The lowest BCUT2D eigenvalue weighted by Crippen LogP contribution is -2.37. The van der Waals surface area contributed by atoms with Crippen molar-refractivity contribution in [2.75, 3.05) is 52.3 Å². The molecule has 0 spiro atoms. The molecule has 0 radical (unpaired) electrons. The van der Waals surface area contributed by atoms with Gasteiger partial charge in [0.25, 0.3) is 5.91 Å². The van der Waals surface area contributed by atoms with E-state index in [0.29, 0.717) is 67.8 Å². The minimum atomic E-state index is -0.765. The Labute approximate surface area is 352 Å². The van der Waals surface area contributed by atoms with Gasteiger partial charge >= 0.3 is 12.1 Å². The van der Waals surface area contributed by atoms with E-state index in [1.165, 1.54) is 12.1 Å². The van der Waals surface area contributed by atoms with Crippen LogP contribution < -0.4 is 20.7 Å². The Morgan fingerprint density at radius 2 is 1.35 bits per heavy atom. The molecule has 60 heavy (non-hydrogen) atoms. The zero-order valence-electron chi connectivity index (χ0n) is 36.1. The Balaban J connectivity index is 1.31. The molecule has 0 aliphatic rings. The maximum atomic E-state index is 14.0. The largest absolute Gasteiger partial charge is 0.492 e. The van der Waals surface area contributed by atoms with Gasteiger partial charge < -0.3 is 40.0 Å². The lowest BCUT2D eigenvalue weighted by molar-refractivity contribution is -0.131. The first kappa shape index (κ1) is 48.4. The molecule has 0 unspecified atom stereocenters. The van der Waals surface area contributed by atoms with E-state index in [0.717, 1.165) is 11.6 Å². The average Bonchev–Trinajstić information content (AvgIpc) is 3.20. The fourth-order valence-corrected chi connectivity index (χ4v) is 5.71. The van der Waals surface area contributed by atoms with Gasteiger partial charge in [0.1, 0.15) is 30.3 Å². The molecular formula is C45H60FN5O9. The standard InChI is InChI=1S/C45H60FN5O9/c1-9-58-42(56)36-28-32(12-19-37(36)46)29-47-41(55)33-13-17-35(18-14-33)59-27-26-51(8)40(54)21-24-45(5,6)23-20-39(53)50(7)25-22-31-10-15-34(16-11-31)49-38(52)30-48-43(57)60-44(2,3)4/h10-19,28H,9,20-27,29-30H2,1-8H3,(H,47,55)(H,48,57)(H,49,52). The topological polar surface area (TPSA) is 173 Å². The predicted molar refractivity (Wildman–Crippen MR) is 226 cm³/mol. The Bertz CT molecular complexity index is 1930. The van der Waals surface area contributed by atoms with Crippen molar-refractivity contribution in [1.29, 1.82) is 0 Å². The van der Waals surface area contributed by atoms with Gasteiger partial charge in [-0.1, -0.05) is 32.0 Å². The molecule has 3 N–H and O–H groups in total. The first-order chi connectivity index (χ1) is 28.2. The third kappa shape index (κ3) is 17.5. The molecule has 3 aromatic carbocycles. The summed E-state index contributed by atoms with van der Waals surface area (Å²) in [6, 6.07) is 17.8. The first-order valence-electron chi connectivity index (χ1n) is 20.1. The smallest absolute Gasteiger partial charge is 0.408 e. The number of hydrogen-bond acceptors (Lipinski definition) is 9. The number of likely N-dealkylation sites (N-methyl/N-ethyl adjacent to an activating group) is 2. The highest BCUT2D eigenvalue weighted by Gasteiger charge is 2.23. The molecule has 14 nitrogen and oxygen atoms in total. The van der Waals surface area contributed by atoms with Gasteiger partial charge in [0.05, 0.1) is 18.7 Å². The van der Waals surface area contributed by atoms with Crippen LogP contribution in [0.4, 0.5) is 14.9 Å². The van der Waals surface area contributed by atoms with Crippen LogP contribution in [-0.2, 0) is 36.8 Å². The second-order valence-electron chi connectivity index (χ2n) is 16.2. The van der Waals surface area contributed by atoms with Gasteiger partial charge in [0, 0.05) is 51.3 Å². The summed E-state index contributed by atoms with van der Waals surface area (Å²) < 4.78 is 29.9. The summed E-state index contributed by atoms with van der Waals surface area (Å²) in [6.07, 6.45) is 1.90. The zero-order valence-corrected chi connectivity index (χ0v) is 36.1. The van der Waals surface area contributed by atoms with E-state index in [4.69, 9.17) is 14.2 Å². The molecule has 15 heteroatoms. The number of anilines is 1. The highest BCUT2D eigenvalue weighted by atomic mass is 19.1. The molecule has 0 aromatic heterocycles. The van der Waals surface area contributed by atoms with Gasteiger partial charge in [0.2, 0.25) is 17.7 Å². The number of ether oxygens (including phenoxy) is 3. The molecular weight excluding hydrogens is 774 g/mol. The zero-order chi connectivity index (χ0) is 44.5. The summed E-state index contributed by atoms with van der Waals surface area (Å²) in [6.45, 7) is 12.1. The number of esters is 1. The van der Waals surface area contributed by atoms with Gasteiger partial charge in [-0.05, 0) is 112 Å². The fourth-order valence-electron chi connectivity index (χ4n) is 5.71. The number of rotatable bonds is 21. The van der Waals surface area contributed by atoms with Crippen molar-refractivity contribution < 1.29 is 47.4 Å². The third-order valence-electron chi connectivity index (χ3n) is 9.44. The van der Waals surface area contributed by atoms with Crippen LogP contribution in [0.25, 0.3) is 0 Å². The van der Waals surface area contributed by atoms with Gasteiger partial charge in [0.15, 0.2) is 0 Å². The summed E-state index contributed by atoms with van der Waals surface area (Å²) in [7, 11) is 3.49. The summed E-state index contributed by atoms with van der Waals surface area (Å²) in [4.78, 5) is 77.8. The molecule has 0 saturated carbocycles. The van der Waals surface area contributed by atoms with Crippen molar-refractivity contribution in [3.8, 4) is 5.75 Å². The summed E-state index contributed by atoms with van der Waals surface area (Å²) in [5.74, 6) is -1.67. The lowest BCUT2D eigenvalue weighted by atomic mass is 9.83. The minimum Gasteiger partial charge on any atom is -0.492 e. The van der Waals surface area contributed by atoms with Crippen LogP contribution in [0.3, 0.4) is 0 Å². The van der Waals surface area contributed by atoms with Crippen molar-refractivity contribution in [1.82, 2.24) is 20.4 Å². The van der Waals surface area contributed by atoms with Crippen LogP contribution in [0, 0.1) is 11.2 Å². The van der Waals surface area contributed by atoms with Crippen LogP contribution in [0.2, 0.25) is 0 Å². The van der Waals surface area contributed by atoms with Gasteiger partial charge in [-0.15, -0.1) is 0 Å². The number of amides is 5. The highest BCUT2D eigenvalue weighted by Crippen LogP contribution is 2.29. The van der Waals surface area contributed by atoms with Crippen molar-refractivity contribution >= 4 is 41.4 Å². The average molecular weight is 834 g/mol. The van der Waals surface area contributed by atoms with E-state index in [1.807, 2.05) is 12.1 Å². The van der Waals surface area contributed by atoms with E-state index in [-0.39, 0.29) is 60.9 Å². The van der Waals surface area contributed by atoms with Gasteiger partial charge in [-0.3, -0.25) is 19.2 Å². The van der Waals surface area contributed by atoms with Gasteiger partial charge in [-0.25, -0.2) is 14.0 Å². The SMILES string of the molecule is CCOC(=O)c1cc(CNC(=O)c2ccc(OCCN(C)C(=O)CCC(C)(C)CCC(=O)N(C)CCc3ccc(NC(=O)CNC(=O)OC(C)(C)C)cc3)cc2)ccc1F. The number of benzene rings is 3. The number of nitrogens with zero attached hydrogens (tertiary/aromatic N) is 2. The number of nitrogens with one attached hydrogen (secondary N) is 3. The van der Waals surface area contributed by atoms with E-state index in [1.54, 1.807) is 88.0 Å². The number of hydrogen-bond donors (Lipinski definition) is 3. The molecule has 0 atom stereocenters. The van der Waals surface area contributed by atoms with E-state index in [2.05, 4.69) is 29.8 Å². The van der Waals surface area contributed by atoms with Crippen molar-refractivity contribution in [3.63, 3.8) is 0 Å². The lowest BCUT2D eigenvalue weighted by Gasteiger charge is -2.27. The number of alkyl carbamates (subject to hydrolysis) is 1. The van der Waals surface area contributed by atoms with E-state index >= 15 is 0 Å². The summed E-state index contributed by atoms with van der Waals surface area (Å²) in [5.41, 5.74) is 1.44. The molecule has 3 aromatic rings. The molecule has 0 fully saturated rings. The second-order valence-corrected chi connectivity index (χ2v) is 16.2. The molecule has 0 aliphatic carbocycles. The number of halogens is 1. The highest BCUT2D eigenvalue weighted by molar-refractivity contribution is 5.95. The molecule has 0 heterocycles. The van der Waals surface area contributed by atoms with Crippen LogP contribution in [0.15, 0.2) is 66.7 Å². The van der Waals surface area contributed by atoms with E-state index < -0.39 is 23.5 Å². The normalized spacial score (nSPS) is 11.2. The Kier molecular flexibility index (Phi) is 18.5. The molecule has 3 rings (SSSR count).